The molecule has 0 heterocycles. The van der Waals surface area contributed by atoms with E-state index in [1.807, 2.05) is 32.9 Å². The van der Waals surface area contributed by atoms with Gasteiger partial charge in [-0.15, -0.1) is 0 Å². The van der Waals surface area contributed by atoms with Gasteiger partial charge in [0.2, 0.25) is 5.91 Å². The van der Waals surface area contributed by atoms with Gasteiger partial charge in [-0.3, -0.25) is 9.59 Å². The van der Waals surface area contributed by atoms with Crippen molar-refractivity contribution in [2.24, 2.45) is 5.41 Å². The van der Waals surface area contributed by atoms with Crippen LogP contribution in [0.4, 0.5) is 5.69 Å². The van der Waals surface area contributed by atoms with Gasteiger partial charge in [0.15, 0.2) is 0 Å². The van der Waals surface area contributed by atoms with Crippen LogP contribution in [0.25, 0.3) is 0 Å². The summed E-state index contributed by atoms with van der Waals surface area (Å²) in [7, 11) is 0. The van der Waals surface area contributed by atoms with E-state index in [9.17, 15) is 9.59 Å². The Kier molecular flexibility index (Phi) is 4.35. The van der Waals surface area contributed by atoms with Gasteiger partial charge in [-0.1, -0.05) is 17.7 Å². The first-order chi connectivity index (χ1) is 8.63. The SMILES string of the molecule is Cc1cc(C)c(NC(=O)CC(C)(C)C(=O)O)c(C)c1. The van der Waals surface area contributed by atoms with E-state index < -0.39 is 11.4 Å². The van der Waals surface area contributed by atoms with E-state index in [-0.39, 0.29) is 12.3 Å². The molecular weight excluding hydrogens is 242 g/mol. The number of amides is 1. The van der Waals surface area contributed by atoms with Crippen molar-refractivity contribution in [1.82, 2.24) is 0 Å². The quantitative estimate of drug-likeness (QED) is 0.877. The molecule has 0 aliphatic heterocycles. The van der Waals surface area contributed by atoms with E-state index in [0.29, 0.717) is 0 Å². The van der Waals surface area contributed by atoms with E-state index in [0.717, 1.165) is 22.4 Å². The molecule has 0 spiro atoms. The maximum atomic E-state index is 11.9. The van der Waals surface area contributed by atoms with Gasteiger partial charge in [0, 0.05) is 12.1 Å². The third-order valence-electron chi connectivity index (χ3n) is 3.12. The summed E-state index contributed by atoms with van der Waals surface area (Å²) in [6, 6.07) is 3.98. The van der Waals surface area contributed by atoms with Gasteiger partial charge in [0.05, 0.1) is 5.41 Å². The Labute approximate surface area is 113 Å². The molecule has 1 amide bonds. The van der Waals surface area contributed by atoms with Gasteiger partial charge < -0.3 is 10.4 Å². The number of carbonyl (C=O) groups is 2. The van der Waals surface area contributed by atoms with Crippen LogP contribution in [0.2, 0.25) is 0 Å². The van der Waals surface area contributed by atoms with Crippen LogP contribution in [0, 0.1) is 26.2 Å². The Morgan fingerprint density at radius 3 is 2.05 bits per heavy atom. The number of benzene rings is 1. The first kappa shape index (κ1) is 15.2. The molecule has 1 rings (SSSR count). The van der Waals surface area contributed by atoms with E-state index in [1.165, 1.54) is 0 Å². The van der Waals surface area contributed by atoms with E-state index in [2.05, 4.69) is 5.32 Å². The highest BCUT2D eigenvalue weighted by molar-refractivity contribution is 5.95. The number of hydrogen-bond acceptors (Lipinski definition) is 2. The lowest BCUT2D eigenvalue weighted by molar-refractivity contribution is -0.148. The molecule has 4 heteroatoms. The van der Waals surface area contributed by atoms with Crippen LogP contribution >= 0.6 is 0 Å². The minimum atomic E-state index is -1.06. The molecule has 0 unspecified atom stereocenters. The third-order valence-corrected chi connectivity index (χ3v) is 3.12. The Morgan fingerprint density at radius 1 is 1.16 bits per heavy atom. The van der Waals surface area contributed by atoms with Crippen LogP contribution < -0.4 is 5.32 Å². The van der Waals surface area contributed by atoms with Gasteiger partial charge in [0.1, 0.15) is 0 Å². The molecule has 0 bridgehead atoms. The molecule has 19 heavy (non-hydrogen) atoms. The summed E-state index contributed by atoms with van der Waals surface area (Å²) < 4.78 is 0. The second kappa shape index (κ2) is 5.43. The van der Waals surface area contributed by atoms with Crippen molar-refractivity contribution in [2.45, 2.75) is 41.0 Å². The molecule has 0 saturated heterocycles. The normalized spacial score (nSPS) is 11.2. The van der Waals surface area contributed by atoms with E-state index >= 15 is 0 Å². The summed E-state index contributed by atoms with van der Waals surface area (Å²) in [5, 5.41) is 11.8. The molecule has 2 N–H and O–H groups in total. The Bertz CT molecular complexity index is 495. The number of anilines is 1. The number of aliphatic carboxylic acids is 1. The largest absolute Gasteiger partial charge is 0.481 e. The Balaban J connectivity index is 2.87. The molecule has 0 aromatic heterocycles. The van der Waals surface area contributed by atoms with E-state index in [1.54, 1.807) is 13.8 Å². The van der Waals surface area contributed by atoms with Crippen molar-refractivity contribution in [3.63, 3.8) is 0 Å². The van der Waals surface area contributed by atoms with Crippen LogP contribution in [-0.2, 0) is 9.59 Å². The maximum Gasteiger partial charge on any atom is 0.309 e. The van der Waals surface area contributed by atoms with Gasteiger partial charge in [-0.05, 0) is 45.7 Å². The number of rotatable bonds is 4. The predicted octanol–water partition coefficient (Wildman–Crippen LogP) is 3.05. The maximum absolute atomic E-state index is 11.9. The van der Waals surface area contributed by atoms with Crippen LogP contribution in [0.3, 0.4) is 0 Å². The second-order valence-corrected chi connectivity index (χ2v) is 5.69. The highest BCUT2D eigenvalue weighted by Gasteiger charge is 2.30. The lowest BCUT2D eigenvalue weighted by Crippen LogP contribution is -2.29. The number of carbonyl (C=O) groups excluding carboxylic acids is 1. The molecule has 0 aliphatic carbocycles. The van der Waals surface area contributed by atoms with Gasteiger partial charge in [0.25, 0.3) is 0 Å². The third kappa shape index (κ3) is 3.81. The summed E-state index contributed by atoms with van der Waals surface area (Å²) in [5.74, 6) is -1.25. The number of carboxylic acids is 1. The smallest absolute Gasteiger partial charge is 0.309 e. The van der Waals surface area contributed by atoms with Crippen molar-refractivity contribution >= 4 is 17.6 Å². The van der Waals surface area contributed by atoms with Gasteiger partial charge >= 0.3 is 5.97 Å². The first-order valence-electron chi connectivity index (χ1n) is 6.24. The molecular formula is C15H21NO3. The second-order valence-electron chi connectivity index (χ2n) is 5.69. The fourth-order valence-corrected chi connectivity index (χ4v) is 2.04. The summed E-state index contributed by atoms with van der Waals surface area (Å²) in [6.07, 6.45) is -0.0465. The average molecular weight is 263 g/mol. The molecule has 104 valence electrons. The summed E-state index contributed by atoms with van der Waals surface area (Å²) in [5.41, 5.74) is 2.82. The van der Waals surface area contributed by atoms with Crippen LogP contribution in [0.15, 0.2) is 12.1 Å². The van der Waals surface area contributed by atoms with Crippen molar-refractivity contribution in [3.05, 3.63) is 28.8 Å². The molecule has 0 radical (unpaired) electrons. The predicted molar refractivity (Wildman–Crippen MR) is 75.3 cm³/mol. The highest BCUT2D eigenvalue weighted by atomic mass is 16.4. The first-order valence-corrected chi connectivity index (χ1v) is 6.24. The Morgan fingerprint density at radius 2 is 1.63 bits per heavy atom. The molecule has 1 aromatic carbocycles. The van der Waals surface area contributed by atoms with Crippen molar-refractivity contribution < 1.29 is 14.7 Å². The fourth-order valence-electron chi connectivity index (χ4n) is 2.04. The van der Waals surface area contributed by atoms with Crippen molar-refractivity contribution in [1.29, 1.82) is 0 Å². The Hall–Kier alpha value is -1.84. The number of carboxylic acid groups (broad SMARTS) is 1. The lowest BCUT2D eigenvalue weighted by Gasteiger charge is -2.19. The van der Waals surface area contributed by atoms with Crippen LogP contribution in [0.5, 0.6) is 0 Å². The molecule has 0 fully saturated rings. The zero-order chi connectivity index (χ0) is 14.8. The summed E-state index contributed by atoms with van der Waals surface area (Å²) in [4.78, 5) is 23.0. The molecule has 0 saturated carbocycles. The molecule has 0 atom stereocenters. The molecule has 4 nitrogen and oxygen atoms in total. The van der Waals surface area contributed by atoms with Gasteiger partial charge in [-0.25, -0.2) is 0 Å². The summed E-state index contributed by atoms with van der Waals surface area (Å²) in [6.45, 7) is 8.95. The van der Waals surface area contributed by atoms with Crippen molar-refractivity contribution in [3.8, 4) is 0 Å². The van der Waals surface area contributed by atoms with Gasteiger partial charge in [-0.2, -0.15) is 0 Å². The number of nitrogens with one attached hydrogen (secondary N) is 1. The lowest BCUT2D eigenvalue weighted by atomic mass is 9.89. The number of hydrogen-bond donors (Lipinski definition) is 2. The minimum Gasteiger partial charge on any atom is -0.481 e. The van der Waals surface area contributed by atoms with Crippen molar-refractivity contribution in [2.75, 3.05) is 5.32 Å². The monoisotopic (exact) mass is 263 g/mol. The zero-order valence-corrected chi connectivity index (χ0v) is 12.1. The molecule has 1 aromatic rings. The zero-order valence-electron chi connectivity index (χ0n) is 12.1. The fraction of sp³-hybridized carbons (Fsp3) is 0.467. The van der Waals surface area contributed by atoms with E-state index in [4.69, 9.17) is 5.11 Å². The van der Waals surface area contributed by atoms with Crippen LogP contribution in [-0.4, -0.2) is 17.0 Å². The average Bonchev–Trinajstić information content (AvgIpc) is 2.22. The standard InChI is InChI=1S/C15H21NO3/c1-9-6-10(2)13(11(3)7-9)16-12(17)8-15(4,5)14(18)19/h6-7H,8H2,1-5H3,(H,16,17)(H,18,19). The summed E-state index contributed by atoms with van der Waals surface area (Å²) >= 11 is 0. The van der Waals surface area contributed by atoms with Crippen LogP contribution in [0.1, 0.15) is 37.0 Å². The topological polar surface area (TPSA) is 66.4 Å². The minimum absolute atomic E-state index is 0.0465. The number of aryl methyl sites for hydroxylation is 3. The molecule has 0 aliphatic rings. The highest BCUT2D eigenvalue weighted by Crippen LogP contribution is 2.25.